The highest BCUT2D eigenvalue weighted by atomic mass is 16.5. The van der Waals surface area contributed by atoms with E-state index in [1.807, 2.05) is 42.5 Å². The molecular weight excluding hydrogens is 304 g/mol. The molecule has 0 fully saturated rings. The molecule has 122 valence electrons. The zero-order valence-electron chi connectivity index (χ0n) is 13.8. The number of esters is 1. The number of fused-ring (bicyclic) bond motifs is 1. The van der Waals surface area contributed by atoms with Gasteiger partial charge in [-0.3, -0.25) is 4.79 Å². The standard InChI is InChI=1S/C20H18O4/c1-12-19(24-13(2)21)17-15(14-8-5-4-6-9-14)10-7-11-16(17)18(22)20(12)23-3/h4-11,22H,1-3H3. The zero-order chi connectivity index (χ0) is 17.3. The third kappa shape index (κ3) is 2.56. The summed E-state index contributed by atoms with van der Waals surface area (Å²) < 4.78 is 10.8. The SMILES string of the molecule is COc1c(C)c(OC(C)=O)c2c(-c3ccccc3)cccc2c1O. The molecule has 0 aliphatic rings. The molecule has 0 spiro atoms. The highest BCUT2D eigenvalue weighted by Crippen LogP contribution is 2.47. The van der Waals surface area contributed by atoms with Crippen LogP contribution in [0, 0.1) is 6.92 Å². The highest BCUT2D eigenvalue weighted by molar-refractivity contribution is 6.06. The Balaban J connectivity index is 2.46. The molecule has 0 aliphatic carbocycles. The smallest absolute Gasteiger partial charge is 0.308 e. The van der Waals surface area contributed by atoms with Gasteiger partial charge in [0, 0.05) is 23.3 Å². The van der Waals surface area contributed by atoms with Crippen molar-refractivity contribution in [1.82, 2.24) is 0 Å². The van der Waals surface area contributed by atoms with E-state index in [0.717, 1.165) is 11.1 Å². The molecule has 0 bridgehead atoms. The van der Waals surface area contributed by atoms with Crippen LogP contribution in [0.3, 0.4) is 0 Å². The minimum absolute atomic E-state index is 0.0404. The van der Waals surface area contributed by atoms with Crippen molar-refractivity contribution in [3.05, 3.63) is 54.1 Å². The zero-order valence-corrected chi connectivity index (χ0v) is 13.8. The lowest BCUT2D eigenvalue weighted by molar-refractivity contribution is -0.131. The third-order valence-corrected chi connectivity index (χ3v) is 3.98. The van der Waals surface area contributed by atoms with E-state index in [9.17, 15) is 9.90 Å². The molecule has 3 aromatic rings. The van der Waals surface area contributed by atoms with Gasteiger partial charge in [0.25, 0.3) is 0 Å². The van der Waals surface area contributed by atoms with Gasteiger partial charge in [0.1, 0.15) is 5.75 Å². The lowest BCUT2D eigenvalue weighted by Crippen LogP contribution is -2.05. The first-order valence-corrected chi connectivity index (χ1v) is 7.60. The summed E-state index contributed by atoms with van der Waals surface area (Å²) in [4.78, 5) is 11.6. The number of aromatic hydroxyl groups is 1. The van der Waals surface area contributed by atoms with E-state index >= 15 is 0 Å². The van der Waals surface area contributed by atoms with Crippen LogP contribution in [-0.4, -0.2) is 18.2 Å². The predicted octanol–water partition coefficient (Wildman–Crippen LogP) is 4.45. The average molecular weight is 322 g/mol. The van der Waals surface area contributed by atoms with Crippen molar-refractivity contribution in [3.8, 4) is 28.4 Å². The molecule has 24 heavy (non-hydrogen) atoms. The van der Waals surface area contributed by atoms with E-state index in [1.54, 1.807) is 13.0 Å². The molecule has 3 rings (SSSR count). The van der Waals surface area contributed by atoms with Crippen LogP contribution in [0.2, 0.25) is 0 Å². The third-order valence-electron chi connectivity index (χ3n) is 3.98. The summed E-state index contributed by atoms with van der Waals surface area (Å²) in [5.74, 6) is 0.337. The number of ether oxygens (including phenoxy) is 2. The fourth-order valence-corrected chi connectivity index (χ4v) is 2.96. The van der Waals surface area contributed by atoms with Gasteiger partial charge in [-0.25, -0.2) is 0 Å². The van der Waals surface area contributed by atoms with Gasteiger partial charge in [-0.05, 0) is 18.1 Å². The van der Waals surface area contributed by atoms with Crippen molar-refractivity contribution in [3.63, 3.8) is 0 Å². The summed E-state index contributed by atoms with van der Waals surface area (Å²) in [5.41, 5.74) is 2.44. The predicted molar refractivity (Wildman–Crippen MR) is 93.6 cm³/mol. The minimum atomic E-state index is -0.421. The molecule has 0 aromatic heterocycles. The number of benzene rings is 3. The summed E-state index contributed by atoms with van der Waals surface area (Å²) >= 11 is 0. The van der Waals surface area contributed by atoms with Gasteiger partial charge < -0.3 is 14.6 Å². The van der Waals surface area contributed by atoms with Crippen molar-refractivity contribution in [2.24, 2.45) is 0 Å². The van der Waals surface area contributed by atoms with Crippen molar-refractivity contribution in [2.45, 2.75) is 13.8 Å². The van der Waals surface area contributed by atoms with E-state index in [1.165, 1.54) is 14.0 Å². The molecule has 0 unspecified atom stereocenters. The summed E-state index contributed by atoms with van der Waals surface area (Å²) in [6.07, 6.45) is 0. The van der Waals surface area contributed by atoms with Crippen molar-refractivity contribution >= 4 is 16.7 Å². The minimum Gasteiger partial charge on any atom is -0.504 e. The molecule has 0 aliphatic heterocycles. The summed E-state index contributed by atoms with van der Waals surface area (Å²) in [5, 5.41) is 11.9. The number of carbonyl (C=O) groups excluding carboxylic acids is 1. The number of hydrogen-bond donors (Lipinski definition) is 1. The largest absolute Gasteiger partial charge is 0.504 e. The molecule has 3 aromatic carbocycles. The van der Waals surface area contributed by atoms with E-state index in [-0.39, 0.29) is 5.75 Å². The summed E-state index contributed by atoms with van der Waals surface area (Å²) in [6, 6.07) is 15.4. The Hall–Kier alpha value is -3.01. The Morgan fingerprint density at radius 2 is 1.71 bits per heavy atom. The monoisotopic (exact) mass is 322 g/mol. The Morgan fingerprint density at radius 1 is 1.00 bits per heavy atom. The van der Waals surface area contributed by atoms with Gasteiger partial charge in [-0.15, -0.1) is 0 Å². The number of phenols is 1. The second-order valence-electron chi connectivity index (χ2n) is 5.52. The van der Waals surface area contributed by atoms with Gasteiger partial charge in [0.15, 0.2) is 11.5 Å². The molecule has 0 saturated heterocycles. The van der Waals surface area contributed by atoms with Crippen molar-refractivity contribution in [1.29, 1.82) is 0 Å². The lowest BCUT2D eigenvalue weighted by Gasteiger charge is -2.18. The maximum Gasteiger partial charge on any atom is 0.308 e. The summed E-state index contributed by atoms with van der Waals surface area (Å²) in [6.45, 7) is 3.12. The van der Waals surface area contributed by atoms with Gasteiger partial charge in [0.2, 0.25) is 0 Å². The quantitative estimate of drug-likeness (QED) is 0.571. The average Bonchev–Trinajstić information content (AvgIpc) is 2.59. The highest BCUT2D eigenvalue weighted by Gasteiger charge is 2.22. The number of phenolic OH excluding ortho intramolecular Hbond substituents is 1. The van der Waals surface area contributed by atoms with Crippen LogP contribution >= 0.6 is 0 Å². The number of hydrogen-bond acceptors (Lipinski definition) is 4. The van der Waals surface area contributed by atoms with Crippen LogP contribution < -0.4 is 9.47 Å². The normalized spacial score (nSPS) is 10.6. The molecular formula is C20H18O4. The topological polar surface area (TPSA) is 55.8 Å². The molecule has 0 atom stereocenters. The molecule has 0 saturated carbocycles. The van der Waals surface area contributed by atoms with Crippen LogP contribution in [0.15, 0.2) is 48.5 Å². The Bertz CT molecular complexity index is 914. The first kappa shape index (κ1) is 15.9. The van der Waals surface area contributed by atoms with Gasteiger partial charge in [-0.1, -0.05) is 48.5 Å². The van der Waals surface area contributed by atoms with Crippen LogP contribution in [-0.2, 0) is 4.79 Å². The number of methoxy groups -OCH3 is 1. The lowest BCUT2D eigenvalue weighted by atomic mass is 9.94. The Labute approximate surface area is 140 Å². The molecule has 1 N–H and O–H groups in total. The Morgan fingerprint density at radius 3 is 2.33 bits per heavy atom. The van der Waals surface area contributed by atoms with Crippen LogP contribution in [0.1, 0.15) is 12.5 Å². The molecule has 0 heterocycles. The Kier molecular flexibility index (Phi) is 4.13. The van der Waals surface area contributed by atoms with E-state index in [0.29, 0.717) is 27.8 Å². The molecule has 4 nitrogen and oxygen atoms in total. The number of carbonyl (C=O) groups is 1. The van der Waals surface area contributed by atoms with Crippen molar-refractivity contribution in [2.75, 3.05) is 7.11 Å². The van der Waals surface area contributed by atoms with Crippen LogP contribution in [0.4, 0.5) is 0 Å². The second-order valence-corrected chi connectivity index (χ2v) is 5.52. The fourth-order valence-electron chi connectivity index (χ4n) is 2.96. The molecule has 4 heteroatoms. The second kappa shape index (κ2) is 6.24. The number of rotatable bonds is 3. The van der Waals surface area contributed by atoms with Gasteiger partial charge in [-0.2, -0.15) is 0 Å². The molecule has 0 radical (unpaired) electrons. The first-order valence-electron chi connectivity index (χ1n) is 7.60. The van der Waals surface area contributed by atoms with Gasteiger partial charge in [0.05, 0.1) is 7.11 Å². The molecule has 0 amide bonds. The first-order chi connectivity index (χ1) is 11.5. The van der Waals surface area contributed by atoms with Gasteiger partial charge >= 0.3 is 5.97 Å². The van der Waals surface area contributed by atoms with Crippen LogP contribution in [0.5, 0.6) is 17.2 Å². The fraction of sp³-hybridized carbons (Fsp3) is 0.150. The summed E-state index contributed by atoms with van der Waals surface area (Å²) in [7, 11) is 1.48. The van der Waals surface area contributed by atoms with Crippen molar-refractivity contribution < 1.29 is 19.4 Å². The maximum atomic E-state index is 11.6. The maximum absolute atomic E-state index is 11.6. The van der Waals surface area contributed by atoms with E-state index < -0.39 is 5.97 Å². The van der Waals surface area contributed by atoms with E-state index in [2.05, 4.69) is 0 Å². The van der Waals surface area contributed by atoms with E-state index in [4.69, 9.17) is 9.47 Å². The van der Waals surface area contributed by atoms with Crippen LogP contribution in [0.25, 0.3) is 21.9 Å².